The van der Waals surface area contributed by atoms with Crippen molar-refractivity contribution < 1.29 is 22.8 Å². The maximum atomic E-state index is 12.5. The van der Waals surface area contributed by atoms with Crippen molar-refractivity contribution in [2.24, 2.45) is 0 Å². The summed E-state index contributed by atoms with van der Waals surface area (Å²) in [5, 5.41) is 5.07. The molecule has 0 saturated heterocycles. The number of aryl methyl sites for hydroxylation is 1. The van der Waals surface area contributed by atoms with Crippen molar-refractivity contribution >= 4 is 11.8 Å². The van der Waals surface area contributed by atoms with Crippen LogP contribution < -0.4 is 10.6 Å². The lowest BCUT2D eigenvalue weighted by Gasteiger charge is -2.09. The van der Waals surface area contributed by atoms with Crippen LogP contribution in [-0.4, -0.2) is 24.9 Å². The van der Waals surface area contributed by atoms with Gasteiger partial charge in [-0.1, -0.05) is 30.3 Å². The molecule has 0 bridgehead atoms. The Bertz CT molecular complexity index is 729. The Hall–Kier alpha value is -2.83. The summed E-state index contributed by atoms with van der Waals surface area (Å²) in [6.07, 6.45) is -2.85. The zero-order chi connectivity index (χ0) is 19.0. The van der Waals surface area contributed by atoms with Crippen LogP contribution >= 0.6 is 0 Å². The van der Waals surface area contributed by atoms with Gasteiger partial charge in [0.25, 0.3) is 5.91 Å². The molecule has 2 aromatic carbocycles. The van der Waals surface area contributed by atoms with E-state index in [0.29, 0.717) is 6.54 Å². The van der Waals surface area contributed by atoms with Crippen LogP contribution in [0.5, 0.6) is 0 Å². The van der Waals surface area contributed by atoms with Crippen LogP contribution in [0.4, 0.5) is 13.2 Å². The van der Waals surface area contributed by atoms with Crippen LogP contribution in [0, 0.1) is 0 Å². The van der Waals surface area contributed by atoms with Gasteiger partial charge in [0.15, 0.2) is 0 Å². The SMILES string of the molecule is O=C(CNC(=O)c1ccc(C(F)(F)F)cc1)NCCCc1ccccc1. The highest BCUT2D eigenvalue weighted by molar-refractivity contribution is 5.96. The first kappa shape index (κ1) is 19.5. The molecule has 0 unspecified atom stereocenters. The Kier molecular flexibility index (Phi) is 6.77. The predicted octanol–water partition coefficient (Wildman–Crippen LogP) is 3.18. The summed E-state index contributed by atoms with van der Waals surface area (Å²) in [7, 11) is 0. The number of nitrogens with one attached hydrogen (secondary N) is 2. The van der Waals surface area contributed by atoms with E-state index in [0.717, 1.165) is 37.1 Å². The van der Waals surface area contributed by atoms with Crippen LogP contribution in [0.3, 0.4) is 0 Å². The van der Waals surface area contributed by atoms with Gasteiger partial charge in [-0.3, -0.25) is 9.59 Å². The molecule has 0 aromatic heterocycles. The van der Waals surface area contributed by atoms with E-state index in [4.69, 9.17) is 0 Å². The number of carbonyl (C=O) groups excluding carboxylic acids is 2. The highest BCUT2D eigenvalue weighted by Crippen LogP contribution is 2.29. The maximum absolute atomic E-state index is 12.5. The van der Waals surface area contributed by atoms with Gasteiger partial charge in [-0.05, 0) is 42.7 Å². The molecule has 0 aliphatic heterocycles. The minimum absolute atomic E-state index is 0.0647. The van der Waals surface area contributed by atoms with Crippen molar-refractivity contribution in [3.63, 3.8) is 0 Å². The molecule has 7 heteroatoms. The molecular weight excluding hydrogens is 345 g/mol. The van der Waals surface area contributed by atoms with Crippen LogP contribution in [0.2, 0.25) is 0 Å². The van der Waals surface area contributed by atoms with E-state index in [1.165, 1.54) is 5.56 Å². The van der Waals surface area contributed by atoms with Gasteiger partial charge in [-0.25, -0.2) is 0 Å². The lowest BCUT2D eigenvalue weighted by Crippen LogP contribution is -2.37. The number of halogens is 3. The summed E-state index contributed by atoms with van der Waals surface area (Å²) >= 11 is 0. The first-order valence-corrected chi connectivity index (χ1v) is 8.12. The van der Waals surface area contributed by atoms with Crippen molar-refractivity contribution in [3.8, 4) is 0 Å². The first-order valence-electron chi connectivity index (χ1n) is 8.12. The number of hydrogen-bond donors (Lipinski definition) is 2. The Labute approximate surface area is 149 Å². The van der Waals surface area contributed by atoms with Crippen LogP contribution in [0.25, 0.3) is 0 Å². The second-order valence-electron chi connectivity index (χ2n) is 5.70. The average Bonchev–Trinajstić information content (AvgIpc) is 2.63. The van der Waals surface area contributed by atoms with Crippen molar-refractivity contribution in [1.82, 2.24) is 10.6 Å². The van der Waals surface area contributed by atoms with E-state index in [9.17, 15) is 22.8 Å². The first-order chi connectivity index (χ1) is 12.4. The highest BCUT2D eigenvalue weighted by atomic mass is 19.4. The fourth-order valence-corrected chi connectivity index (χ4v) is 2.30. The average molecular weight is 364 g/mol. The zero-order valence-electron chi connectivity index (χ0n) is 14.0. The Morgan fingerprint density at radius 2 is 1.54 bits per heavy atom. The molecule has 0 saturated carbocycles. The van der Waals surface area contributed by atoms with Gasteiger partial charge in [0, 0.05) is 12.1 Å². The number of hydrogen-bond acceptors (Lipinski definition) is 2. The lowest BCUT2D eigenvalue weighted by atomic mass is 10.1. The van der Waals surface area contributed by atoms with E-state index in [-0.39, 0.29) is 18.0 Å². The molecule has 0 atom stereocenters. The summed E-state index contributed by atoms with van der Waals surface area (Å²) < 4.78 is 37.4. The largest absolute Gasteiger partial charge is 0.416 e. The summed E-state index contributed by atoms with van der Waals surface area (Å²) in [5.41, 5.74) is 0.414. The third-order valence-corrected chi connectivity index (χ3v) is 3.69. The molecule has 2 N–H and O–H groups in total. The van der Waals surface area contributed by atoms with Crippen LogP contribution in [0.15, 0.2) is 54.6 Å². The lowest BCUT2D eigenvalue weighted by molar-refractivity contribution is -0.137. The molecule has 0 aliphatic rings. The van der Waals surface area contributed by atoms with Crippen LogP contribution in [-0.2, 0) is 17.4 Å². The number of alkyl halides is 3. The molecular formula is C19H19F3N2O2. The summed E-state index contributed by atoms with van der Waals surface area (Å²) in [4.78, 5) is 23.6. The van der Waals surface area contributed by atoms with E-state index in [2.05, 4.69) is 10.6 Å². The minimum atomic E-state index is -4.45. The molecule has 0 spiro atoms. The fraction of sp³-hybridized carbons (Fsp3) is 0.263. The standard InChI is InChI=1S/C19H19F3N2O2/c20-19(21,22)16-10-8-15(9-11-16)18(26)24-13-17(25)23-12-4-7-14-5-2-1-3-6-14/h1-3,5-6,8-11H,4,7,12-13H2,(H,23,25)(H,24,26). The quantitative estimate of drug-likeness (QED) is 0.742. The number of carbonyl (C=O) groups is 2. The normalized spacial score (nSPS) is 11.0. The molecule has 4 nitrogen and oxygen atoms in total. The minimum Gasteiger partial charge on any atom is -0.355 e. The molecule has 2 amide bonds. The van der Waals surface area contributed by atoms with Crippen molar-refractivity contribution in [2.45, 2.75) is 19.0 Å². The van der Waals surface area contributed by atoms with Gasteiger partial charge in [-0.2, -0.15) is 13.2 Å². The second-order valence-corrected chi connectivity index (χ2v) is 5.70. The number of amides is 2. The second kappa shape index (κ2) is 9.03. The van der Waals surface area contributed by atoms with E-state index in [1.807, 2.05) is 30.3 Å². The van der Waals surface area contributed by atoms with Gasteiger partial charge < -0.3 is 10.6 Å². The van der Waals surface area contributed by atoms with E-state index < -0.39 is 17.6 Å². The predicted molar refractivity (Wildman–Crippen MR) is 91.5 cm³/mol. The van der Waals surface area contributed by atoms with Crippen LogP contribution in [0.1, 0.15) is 27.9 Å². The third kappa shape index (κ3) is 6.23. The number of benzene rings is 2. The van der Waals surface area contributed by atoms with Gasteiger partial charge in [0.2, 0.25) is 5.91 Å². The Balaban J connectivity index is 1.69. The smallest absolute Gasteiger partial charge is 0.355 e. The fourth-order valence-electron chi connectivity index (χ4n) is 2.30. The molecule has 2 aromatic rings. The highest BCUT2D eigenvalue weighted by Gasteiger charge is 2.30. The summed E-state index contributed by atoms with van der Waals surface area (Å²) in [6, 6.07) is 13.7. The third-order valence-electron chi connectivity index (χ3n) is 3.69. The monoisotopic (exact) mass is 364 g/mol. The van der Waals surface area contributed by atoms with Crippen molar-refractivity contribution in [1.29, 1.82) is 0 Å². The summed E-state index contributed by atoms with van der Waals surface area (Å²) in [5.74, 6) is -0.948. The topological polar surface area (TPSA) is 58.2 Å². The number of rotatable bonds is 7. The molecule has 0 heterocycles. The Morgan fingerprint density at radius 3 is 2.15 bits per heavy atom. The summed E-state index contributed by atoms with van der Waals surface area (Å²) in [6.45, 7) is 0.245. The van der Waals surface area contributed by atoms with Crippen molar-refractivity contribution in [2.75, 3.05) is 13.1 Å². The Morgan fingerprint density at radius 1 is 0.885 bits per heavy atom. The van der Waals surface area contributed by atoms with Gasteiger partial charge >= 0.3 is 6.18 Å². The van der Waals surface area contributed by atoms with Gasteiger partial charge in [-0.15, -0.1) is 0 Å². The molecule has 26 heavy (non-hydrogen) atoms. The zero-order valence-corrected chi connectivity index (χ0v) is 14.0. The van der Waals surface area contributed by atoms with E-state index in [1.54, 1.807) is 0 Å². The van der Waals surface area contributed by atoms with E-state index >= 15 is 0 Å². The van der Waals surface area contributed by atoms with Crippen molar-refractivity contribution in [3.05, 3.63) is 71.3 Å². The molecule has 0 aliphatic carbocycles. The molecule has 2 rings (SSSR count). The molecule has 0 fully saturated rings. The molecule has 138 valence electrons. The van der Waals surface area contributed by atoms with Gasteiger partial charge in [0.1, 0.15) is 0 Å². The van der Waals surface area contributed by atoms with Gasteiger partial charge in [0.05, 0.1) is 12.1 Å². The molecule has 0 radical (unpaired) electrons. The maximum Gasteiger partial charge on any atom is 0.416 e.